The first kappa shape index (κ1) is 24.2. The van der Waals surface area contributed by atoms with Crippen LogP contribution >= 0.6 is 24.8 Å². The van der Waals surface area contributed by atoms with Crippen molar-refractivity contribution >= 4 is 30.7 Å². The largest absolute Gasteiger partial charge is 0.353 e. The van der Waals surface area contributed by atoms with Crippen LogP contribution in [-0.4, -0.2) is 44.0 Å². The monoisotopic (exact) mass is 389 g/mol. The summed E-state index contributed by atoms with van der Waals surface area (Å²) in [4.78, 5) is 14.5. The van der Waals surface area contributed by atoms with Gasteiger partial charge in [-0.25, -0.2) is 0 Å². The normalized spacial score (nSPS) is 16.3. The molecule has 2 rings (SSSR count). The number of rotatable bonds is 7. The first-order valence-corrected chi connectivity index (χ1v) is 8.91. The van der Waals surface area contributed by atoms with Crippen molar-refractivity contribution in [1.29, 1.82) is 0 Å². The molecule has 1 aliphatic rings. The van der Waals surface area contributed by atoms with Crippen molar-refractivity contribution in [3.8, 4) is 0 Å². The summed E-state index contributed by atoms with van der Waals surface area (Å²) in [6, 6.07) is 10.4. The van der Waals surface area contributed by atoms with Gasteiger partial charge in [0.15, 0.2) is 0 Å². The van der Waals surface area contributed by atoms with E-state index in [9.17, 15) is 4.79 Å². The van der Waals surface area contributed by atoms with Crippen molar-refractivity contribution in [3.63, 3.8) is 0 Å². The maximum Gasteiger partial charge on any atom is 0.241 e. The molecule has 1 atom stereocenters. The number of nitrogens with zero attached hydrogens (tertiary/aromatic N) is 1. The number of nitrogens with one attached hydrogen (secondary N) is 2. The van der Waals surface area contributed by atoms with Crippen molar-refractivity contribution in [2.75, 3.05) is 27.2 Å². The van der Waals surface area contributed by atoms with Crippen LogP contribution in [0.25, 0.3) is 0 Å². The molecule has 25 heavy (non-hydrogen) atoms. The van der Waals surface area contributed by atoms with Gasteiger partial charge in [-0.15, -0.1) is 24.8 Å². The van der Waals surface area contributed by atoms with Gasteiger partial charge in [-0.1, -0.05) is 56.0 Å². The predicted molar refractivity (Wildman–Crippen MR) is 110 cm³/mol. The van der Waals surface area contributed by atoms with Gasteiger partial charge < -0.3 is 10.6 Å². The van der Waals surface area contributed by atoms with Crippen molar-refractivity contribution in [1.82, 2.24) is 15.5 Å². The Bertz CT molecular complexity index is 463. The van der Waals surface area contributed by atoms with Crippen molar-refractivity contribution < 1.29 is 4.79 Å². The minimum absolute atomic E-state index is 0. The Morgan fingerprint density at radius 1 is 1.04 bits per heavy atom. The maximum atomic E-state index is 12.5. The van der Waals surface area contributed by atoms with E-state index in [4.69, 9.17) is 0 Å². The summed E-state index contributed by atoms with van der Waals surface area (Å²) in [6.07, 6.45) is 7.96. The molecule has 0 aliphatic heterocycles. The van der Waals surface area contributed by atoms with Crippen molar-refractivity contribution in [2.24, 2.45) is 0 Å². The van der Waals surface area contributed by atoms with Crippen LogP contribution in [0.15, 0.2) is 30.3 Å². The van der Waals surface area contributed by atoms with Gasteiger partial charge in [-0.3, -0.25) is 9.69 Å². The maximum absolute atomic E-state index is 12.5. The molecule has 144 valence electrons. The zero-order valence-corrected chi connectivity index (χ0v) is 17.0. The van der Waals surface area contributed by atoms with Crippen LogP contribution in [0.2, 0.25) is 0 Å². The third kappa shape index (κ3) is 8.41. The topological polar surface area (TPSA) is 44.4 Å². The van der Waals surface area contributed by atoms with Crippen LogP contribution < -0.4 is 10.6 Å². The third-order valence-electron chi connectivity index (χ3n) is 4.59. The van der Waals surface area contributed by atoms with E-state index in [1.165, 1.54) is 38.5 Å². The van der Waals surface area contributed by atoms with E-state index in [0.717, 1.165) is 12.1 Å². The van der Waals surface area contributed by atoms with Gasteiger partial charge in [-0.2, -0.15) is 0 Å². The fourth-order valence-corrected chi connectivity index (χ4v) is 3.36. The highest BCUT2D eigenvalue weighted by molar-refractivity contribution is 5.85. The highest BCUT2D eigenvalue weighted by Crippen LogP contribution is 2.18. The number of likely N-dealkylation sites (N-methyl/N-ethyl adjacent to an activating group) is 1. The van der Waals surface area contributed by atoms with Gasteiger partial charge in [0.25, 0.3) is 0 Å². The Labute approximate surface area is 164 Å². The minimum Gasteiger partial charge on any atom is -0.353 e. The zero-order valence-electron chi connectivity index (χ0n) is 15.4. The standard InChI is InChI=1S/C19H31N3O.2ClH/c1-22(2)18(16-10-6-5-7-11-16)19(23)21-15-14-20-17-12-8-3-4-9-13-17;;/h5-7,10-11,17-18,20H,3-4,8-9,12-15H2,1-2H3,(H,21,23);2*1H. The molecule has 1 saturated carbocycles. The lowest BCUT2D eigenvalue weighted by atomic mass is 10.1. The van der Waals surface area contributed by atoms with E-state index in [-0.39, 0.29) is 36.8 Å². The lowest BCUT2D eigenvalue weighted by Gasteiger charge is -2.24. The molecule has 6 heteroatoms. The Kier molecular flexibility index (Phi) is 13.0. The average molecular weight is 390 g/mol. The second-order valence-corrected chi connectivity index (χ2v) is 6.71. The Hall–Kier alpha value is -0.810. The van der Waals surface area contributed by atoms with Crippen LogP contribution in [0.1, 0.15) is 50.1 Å². The molecule has 4 nitrogen and oxygen atoms in total. The van der Waals surface area contributed by atoms with Gasteiger partial charge in [-0.05, 0) is 32.5 Å². The first-order valence-electron chi connectivity index (χ1n) is 8.91. The number of hydrogen-bond acceptors (Lipinski definition) is 3. The fraction of sp³-hybridized carbons (Fsp3) is 0.632. The molecule has 0 heterocycles. The van der Waals surface area contributed by atoms with E-state index in [0.29, 0.717) is 12.6 Å². The summed E-state index contributed by atoms with van der Waals surface area (Å²) in [5.74, 6) is 0.0730. The molecule has 0 saturated heterocycles. The summed E-state index contributed by atoms with van der Waals surface area (Å²) < 4.78 is 0. The highest BCUT2D eigenvalue weighted by Gasteiger charge is 2.22. The molecule has 1 fully saturated rings. The van der Waals surface area contributed by atoms with Crippen molar-refractivity contribution in [2.45, 2.75) is 50.6 Å². The number of carbonyl (C=O) groups is 1. The number of hydrogen-bond donors (Lipinski definition) is 2. The Morgan fingerprint density at radius 3 is 2.20 bits per heavy atom. The van der Waals surface area contributed by atoms with E-state index in [1.807, 2.05) is 49.3 Å². The molecular weight excluding hydrogens is 357 g/mol. The molecule has 1 unspecified atom stereocenters. The third-order valence-corrected chi connectivity index (χ3v) is 4.59. The number of carbonyl (C=O) groups excluding carboxylic acids is 1. The zero-order chi connectivity index (χ0) is 16.5. The predicted octanol–water partition coefficient (Wildman–Crippen LogP) is 3.56. The molecule has 2 N–H and O–H groups in total. The van der Waals surface area contributed by atoms with E-state index in [1.54, 1.807) is 0 Å². The highest BCUT2D eigenvalue weighted by atomic mass is 35.5. The fourth-order valence-electron chi connectivity index (χ4n) is 3.36. The van der Waals surface area contributed by atoms with Gasteiger partial charge in [0.1, 0.15) is 6.04 Å². The summed E-state index contributed by atoms with van der Waals surface area (Å²) in [5.41, 5.74) is 1.03. The molecule has 0 spiro atoms. The molecule has 1 aromatic rings. The lowest BCUT2D eigenvalue weighted by Crippen LogP contribution is -2.41. The summed E-state index contributed by atoms with van der Waals surface area (Å²) in [6.45, 7) is 1.54. The smallest absolute Gasteiger partial charge is 0.241 e. The van der Waals surface area contributed by atoms with Crippen LogP contribution in [0.4, 0.5) is 0 Å². The van der Waals surface area contributed by atoms with Gasteiger partial charge in [0, 0.05) is 19.1 Å². The molecular formula is C19H33Cl2N3O. The van der Waals surface area contributed by atoms with Gasteiger partial charge in [0.05, 0.1) is 0 Å². The second kappa shape index (κ2) is 13.4. The number of amides is 1. The van der Waals surface area contributed by atoms with Crippen LogP contribution in [0.5, 0.6) is 0 Å². The van der Waals surface area contributed by atoms with E-state index in [2.05, 4.69) is 10.6 Å². The SMILES string of the molecule is CN(C)C(C(=O)NCCNC1CCCCCC1)c1ccccc1.Cl.Cl. The quantitative estimate of drug-likeness (QED) is 0.553. The van der Waals surface area contributed by atoms with Gasteiger partial charge >= 0.3 is 0 Å². The van der Waals surface area contributed by atoms with Crippen LogP contribution in [-0.2, 0) is 4.79 Å². The minimum atomic E-state index is -0.228. The molecule has 1 aromatic carbocycles. The van der Waals surface area contributed by atoms with E-state index < -0.39 is 0 Å². The van der Waals surface area contributed by atoms with Gasteiger partial charge in [0.2, 0.25) is 5.91 Å². The average Bonchev–Trinajstić information content (AvgIpc) is 2.81. The molecule has 0 radical (unpaired) electrons. The first-order chi connectivity index (χ1) is 11.2. The van der Waals surface area contributed by atoms with Crippen molar-refractivity contribution in [3.05, 3.63) is 35.9 Å². The van der Waals surface area contributed by atoms with E-state index >= 15 is 0 Å². The molecule has 0 bridgehead atoms. The Morgan fingerprint density at radius 2 is 1.64 bits per heavy atom. The molecule has 1 aliphatic carbocycles. The summed E-state index contributed by atoms with van der Waals surface area (Å²) in [7, 11) is 3.89. The number of benzene rings is 1. The number of halogens is 2. The van der Waals surface area contributed by atoms with Crippen LogP contribution in [0.3, 0.4) is 0 Å². The summed E-state index contributed by atoms with van der Waals surface area (Å²) in [5, 5.41) is 6.67. The second-order valence-electron chi connectivity index (χ2n) is 6.71. The lowest BCUT2D eigenvalue weighted by molar-refractivity contribution is -0.125. The Balaban J connectivity index is 0.00000288. The summed E-state index contributed by atoms with van der Waals surface area (Å²) >= 11 is 0. The molecule has 1 amide bonds. The van der Waals surface area contributed by atoms with Crippen LogP contribution in [0, 0.1) is 0 Å². The molecule has 0 aromatic heterocycles.